The molecule has 0 rings (SSSR count). The van der Waals surface area contributed by atoms with Gasteiger partial charge in [0.15, 0.2) is 0 Å². The van der Waals surface area contributed by atoms with Crippen molar-refractivity contribution < 1.29 is 62.4 Å². The van der Waals surface area contributed by atoms with E-state index in [0.29, 0.717) is 0 Å². The van der Waals surface area contributed by atoms with Crippen LogP contribution < -0.4 is 18.9 Å². The fraction of sp³-hybridized carbons (Fsp3) is 0. The van der Waals surface area contributed by atoms with E-state index in [2.05, 4.69) is 4.73 Å². The van der Waals surface area contributed by atoms with Crippen LogP contribution in [0.1, 0.15) is 1.43 Å². The first kappa shape index (κ1) is 16.1. The number of rotatable bonds is 1. The minimum atomic E-state index is -4.81. The second-order valence-electron chi connectivity index (χ2n) is 0.560. The summed E-state index contributed by atoms with van der Waals surface area (Å²) in [5.41, 5.74) is 0. The molecule has 0 saturated heterocycles. The number of hydrogen-bond acceptors (Lipinski definition) is 2. The second kappa shape index (κ2) is 6.34. The minimum absolute atomic E-state index is 0. The molecule has 0 amide bonds. The first-order chi connectivity index (χ1) is 2.56. The molecule has 0 aromatic rings. The van der Waals surface area contributed by atoms with Crippen molar-refractivity contribution in [1.29, 1.82) is 0 Å². The monoisotopic (exact) mass is 175 g/mol. The maximum atomic E-state index is 10.2. The molecule has 0 fully saturated rings. The molecule has 0 aliphatic heterocycles. The molecular weight excluding hydrogens is 172 g/mol. The fourth-order valence-corrected chi connectivity index (χ4v) is 0. The van der Waals surface area contributed by atoms with Crippen molar-refractivity contribution in [3.8, 4) is 0 Å². The van der Waals surface area contributed by atoms with Gasteiger partial charge in [-0.25, -0.2) is 4.57 Å². The molecule has 0 aliphatic rings. The summed E-state index contributed by atoms with van der Waals surface area (Å²) >= 11 is 0. The second-order valence-corrected chi connectivity index (χ2v) is 1.68. The SMILES string of the molecule is O=P(O)(O)OF.[H-].[Li+].[V]. The Bertz CT molecular complexity index is 84.6. The van der Waals surface area contributed by atoms with Gasteiger partial charge in [-0.2, -0.15) is 0 Å². The van der Waals surface area contributed by atoms with Crippen LogP contribution >= 0.6 is 7.82 Å². The molecule has 1 radical (unpaired) electrons. The third-order valence-corrected chi connectivity index (χ3v) is 0.270. The maximum absolute atomic E-state index is 10.2. The van der Waals surface area contributed by atoms with E-state index < -0.39 is 7.82 Å². The summed E-state index contributed by atoms with van der Waals surface area (Å²) in [6.07, 6.45) is 0. The van der Waals surface area contributed by atoms with Crippen molar-refractivity contribution in [1.82, 2.24) is 0 Å². The number of halogens is 1. The Morgan fingerprint density at radius 2 is 1.75 bits per heavy atom. The molecule has 0 saturated carbocycles. The van der Waals surface area contributed by atoms with Gasteiger partial charge in [-0.1, -0.05) is 4.73 Å². The molecule has 8 heavy (non-hydrogen) atoms. The van der Waals surface area contributed by atoms with Gasteiger partial charge in [-0.05, 0) is 4.53 Å². The summed E-state index contributed by atoms with van der Waals surface area (Å²) in [5.74, 6) is 0. The van der Waals surface area contributed by atoms with Crippen molar-refractivity contribution in [2.45, 2.75) is 0 Å². The molecule has 45 valence electrons. The van der Waals surface area contributed by atoms with Gasteiger partial charge in [0, 0.05) is 18.6 Å². The standard InChI is InChI=1S/FH2O4P.Li.V.H/c1-5-6(2,3)4;;;/h(H2,2,3,4);;;/q;+1;;-1. The topological polar surface area (TPSA) is 66.8 Å². The molecule has 0 atom stereocenters. The van der Waals surface area contributed by atoms with E-state index in [1.807, 2.05) is 0 Å². The van der Waals surface area contributed by atoms with E-state index in [-0.39, 0.29) is 38.8 Å². The molecule has 0 spiro atoms. The Balaban J connectivity index is -0.0000000417. The van der Waals surface area contributed by atoms with Gasteiger partial charge in [0.25, 0.3) is 0 Å². The van der Waals surface area contributed by atoms with Gasteiger partial charge in [0.1, 0.15) is 0 Å². The van der Waals surface area contributed by atoms with E-state index in [1.165, 1.54) is 0 Å². The summed E-state index contributed by atoms with van der Waals surface area (Å²) in [7, 11) is -4.81. The molecule has 0 bridgehead atoms. The maximum Gasteiger partial charge on any atom is 1.00 e. The van der Waals surface area contributed by atoms with E-state index >= 15 is 0 Å². The fourth-order valence-electron chi connectivity index (χ4n) is 0. The zero-order chi connectivity index (χ0) is 5.21. The van der Waals surface area contributed by atoms with Crippen LogP contribution in [0.4, 0.5) is 4.53 Å². The first-order valence-electron chi connectivity index (χ1n) is 0.919. The van der Waals surface area contributed by atoms with Gasteiger partial charge in [-0.3, -0.25) is 0 Å². The average Bonchev–Trinajstić information content (AvgIpc) is 1.35. The van der Waals surface area contributed by atoms with Crippen LogP contribution in [0, 0.1) is 0 Å². The van der Waals surface area contributed by atoms with E-state index in [4.69, 9.17) is 14.4 Å². The van der Waals surface area contributed by atoms with Gasteiger partial charge in [0.05, 0.1) is 0 Å². The van der Waals surface area contributed by atoms with Crippen molar-refractivity contribution in [2.24, 2.45) is 0 Å². The zero-order valence-corrected chi connectivity index (χ0v) is 6.27. The Hall–Kier alpha value is 1.22. The van der Waals surface area contributed by atoms with Crippen LogP contribution in [0.2, 0.25) is 0 Å². The van der Waals surface area contributed by atoms with Gasteiger partial charge in [-0.15, -0.1) is 0 Å². The molecule has 0 aliphatic carbocycles. The Kier molecular flexibility index (Phi) is 12.8. The number of hydrogen-bond donors (Lipinski definition) is 2. The molecule has 0 aromatic carbocycles. The predicted molar refractivity (Wildman–Crippen MR) is 15.3 cm³/mol. The quantitative estimate of drug-likeness (QED) is 0.331. The molecule has 2 N–H and O–H groups in total. The van der Waals surface area contributed by atoms with Crippen LogP contribution in [0.5, 0.6) is 0 Å². The Labute approximate surface area is 70.5 Å². The number of phosphoric acid groups is 1. The molecule has 8 heteroatoms. The van der Waals surface area contributed by atoms with Crippen molar-refractivity contribution in [2.75, 3.05) is 0 Å². The minimum Gasteiger partial charge on any atom is -1.00 e. The van der Waals surface area contributed by atoms with Crippen LogP contribution in [0.3, 0.4) is 0 Å². The first-order valence-corrected chi connectivity index (χ1v) is 2.45. The third kappa shape index (κ3) is 15.7. The summed E-state index contributed by atoms with van der Waals surface area (Å²) in [6, 6.07) is 0. The molecule has 0 unspecified atom stereocenters. The predicted octanol–water partition coefficient (Wildman–Crippen LogP) is -2.91. The summed E-state index contributed by atoms with van der Waals surface area (Å²) in [6.45, 7) is 0. The van der Waals surface area contributed by atoms with Crippen molar-refractivity contribution >= 4 is 7.82 Å². The largest absolute Gasteiger partial charge is 1.00 e. The molecule has 0 aromatic heterocycles. The summed E-state index contributed by atoms with van der Waals surface area (Å²) < 4.78 is 21.4. The molecule has 0 heterocycles. The van der Waals surface area contributed by atoms with E-state index in [9.17, 15) is 4.53 Å². The van der Waals surface area contributed by atoms with Crippen LogP contribution in [-0.4, -0.2) is 9.79 Å². The van der Waals surface area contributed by atoms with Gasteiger partial charge in [0.2, 0.25) is 0 Å². The van der Waals surface area contributed by atoms with Crippen molar-refractivity contribution in [3.05, 3.63) is 0 Å². The van der Waals surface area contributed by atoms with E-state index in [1.54, 1.807) is 0 Å². The van der Waals surface area contributed by atoms with Gasteiger partial charge >= 0.3 is 26.7 Å². The Morgan fingerprint density at radius 3 is 1.75 bits per heavy atom. The van der Waals surface area contributed by atoms with Crippen LogP contribution in [0.15, 0.2) is 0 Å². The molecular formula is H3FLiO4PV. The van der Waals surface area contributed by atoms with Crippen molar-refractivity contribution in [3.63, 3.8) is 0 Å². The summed E-state index contributed by atoms with van der Waals surface area (Å²) in [5, 5.41) is 0. The smallest absolute Gasteiger partial charge is 1.00 e. The normalized spacial score (nSPS) is 8.88. The van der Waals surface area contributed by atoms with Crippen LogP contribution in [0.25, 0.3) is 0 Å². The molecule has 4 nitrogen and oxygen atoms in total. The zero-order valence-electron chi connectivity index (χ0n) is 4.98. The summed E-state index contributed by atoms with van der Waals surface area (Å²) in [4.78, 5) is 14.7. The van der Waals surface area contributed by atoms with E-state index in [0.717, 1.165) is 0 Å². The van der Waals surface area contributed by atoms with Gasteiger partial charge < -0.3 is 11.2 Å². The average molecular weight is 175 g/mol. The Morgan fingerprint density at radius 1 is 1.62 bits per heavy atom. The third-order valence-electron chi connectivity index (χ3n) is 0.0899. The van der Waals surface area contributed by atoms with Crippen LogP contribution in [-0.2, 0) is 27.8 Å².